The van der Waals surface area contributed by atoms with Gasteiger partial charge >= 0.3 is 0 Å². The second-order valence-electron chi connectivity index (χ2n) is 8.73. The Labute approximate surface area is 170 Å². The molecule has 2 aromatic carbocycles. The lowest BCUT2D eigenvalue weighted by atomic mass is 9.79. The van der Waals surface area contributed by atoms with Crippen molar-refractivity contribution in [1.29, 1.82) is 0 Å². The molecule has 1 aliphatic heterocycles. The molecule has 1 saturated carbocycles. The van der Waals surface area contributed by atoms with Crippen molar-refractivity contribution in [2.24, 2.45) is 0 Å². The molecule has 1 aliphatic carbocycles. The molecule has 4 rings (SSSR count). The lowest BCUT2D eigenvalue weighted by molar-refractivity contribution is 0.192. The van der Waals surface area contributed by atoms with Gasteiger partial charge in [-0.05, 0) is 53.0 Å². The molecule has 0 amide bonds. The van der Waals surface area contributed by atoms with Gasteiger partial charge in [0.1, 0.15) is 5.75 Å². The molecule has 0 unspecified atom stereocenters. The Hall–Kier alpha value is -1.84. The van der Waals surface area contributed by atoms with E-state index >= 15 is 0 Å². The highest BCUT2D eigenvalue weighted by Gasteiger charge is 2.25. The van der Waals surface area contributed by atoms with Gasteiger partial charge < -0.3 is 10.1 Å². The quantitative estimate of drug-likeness (QED) is 0.745. The molecule has 1 atom stereocenters. The van der Waals surface area contributed by atoms with Crippen LogP contribution in [0.15, 0.2) is 42.5 Å². The van der Waals surface area contributed by atoms with E-state index in [1.165, 1.54) is 41.5 Å². The molecular formula is C25H34N2O. The summed E-state index contributed by atoms with van der Waals surface area (Å²) in [6.45, 7) is 8.74. The van der Waals surface area contributed by atoms with Gasteiger partial charge in [-0.2, -0.15) is 0 Å². The summed E-state index contributed by atoms with van der Waals surface area (Å²) in [7, 11) is 1.81. The molecule has 28 heavy (non-hydrogen) atoms. The highest BCUT2D eigenvalue weighted by Crippen LogP contribution is 2.41. The molecule has 0 spiro atoms. The van der Waals surface area contributed by atoms with Gasteiger partial charge in [0.05, 0.1) is 7.11 Å². The number of hydrogen-bond acceptors (Lipinski definition) is 3. The maximum absolute atomic E-state index is 5.73. The Morgan fingerprint density at radius 2 is 1.93 bits per heavy atom. The van der Waals surface area contributed by atoms with E-state index in [0.29, 0.717) is 17.9 Å². The van der Waals surface area contributed by atoms with Crippen molar-refractivity contribution in [1.82, 2.24) is 10.2 Å². The number of methoxy groups -OCH3 is 1. The van der Waals surface area contributed by atoms with E-state index in [2.05, 4.69) is 66.5 Å². The summed E-state index contributed by atoms with van der Waals surface area (Å²) < 4.78 is 5.73. The third kappa shape index (κ3) is 4.11. The summed E-state index contributed by atoms with van der Waals surface area (Å²) in [4.78, 5) is 2.58. The minimum atomic E-state index is 0.406. The lowest BCUT2D eigenvalue weighted by Crippen LogP contribution is -2.45. The Bertz CT molecular complexity index is 797. The molecule has 1 heterocycles. The van der Waals surface area contributed by atoms with Gasteiger partial charge in [-0.1, -0.05) is 56.7 Å². The number of nitrogens with one attached hydrogen (secondary N) is 1. The first-order chi connectivity index (χ1) is 13.7. The highest BCUT2D eigenvalue weighted by atomic mass is 16.5. The molecule has 0 bridgehead atoms. The van der Waals surface area contributed by atoms with E-state index in [1.54, 1.807) is 0 Å². The largest absolute Gasteiger partial charge is 0.496 e. The minimum Gasteiger partial charge on any atom is -0.496 e. The van der Waals surface area contributed by atoms with Crippen LogP contribution in [0.25, 0.3) is 0 Å². The summed E-state index contributed by atoms with van der Waals surface area (Å²) >= 11 is 0. The number of ether oxygens (including phenoxy) is 1. The molecule has 3 nitrogen and oxygen atoms in total. The van der Waals surface area contributed by atoms with Crippen molar-refractivity contribution in [2.45, 2.75) is 57.5 Å². The van der Waals surface area contributed by atoms with E-state index in [0.717, 1.165) is 31.9 Å². The van der Waals surface area contributed by atoms with Crippen LogP contribution in [0.1, 0.15) is 73.2 Å². The Balaban J connectivity index is 1.47. The first-order valence-electron chi connectivity index (χ1n) is 10.9. The van der Waals surface area contributed by atoms with E-state index in [1.807, 2.05) is 7.11 Å². The fourth-order valence-corrected chi connectivity index (χ4v) is 4.69. The van der Waals surface area contributed by atoms with Gasteiger partial charge in [-0.25, -0.2) is 0 Å². The van der Waals surface area contributed by atoms with Crippen LogP contribution in [0, 0.1) is 0 Å². The van der Waals surface area contributed by atoms with Crippen molar-refractivity contribution >= 4 is 0 Å². The van der Waals surface area contributed by atoms with Gasteiger partial charge in [0, 0.05) is 32.2 Å². The standard InChI is InChI=1S/C25H34N2O/c1-18(2)21-9-4-5-10-23(21)24-17-27(14-13-26-24)16-19-11-12-22(20-7-6-8-20)25(15-19)28-3/h4-5,9-12,15,18,20,24,26H,6-8,13-14,16-17H2,1-3H3/t24-/m0/s1. The zero-order valence-corrected chi connectivity index (χ0v) is 17.6. The first kappa shape index (κ1) is 19.5. The zero-order chi connectivity index (χ0) is 19.5. The van der Waals surface area contributed by atoms with E-state index in [4.69, 9.17) is 4.74 Å². The normalized spacial score (nSPS) is 20.9. The summed E-state index contributed by atoms with van der Waals surface area (Å²) in [5.41, 5.74) is 5.69. The van der Waals surface area contributed by atoms with E-state index < -0.39 is 0 Å². The number of piperazine rings is 1. The average molecular weight is 379 g/mol. The van der Waals surface area contributed by atoms with Crippen molar-refractivity contribution < 1.29 is 4.74 Å². The average Bonchev–Trinajstić information content (AvgIpc) is 2.68. The number of rotatable bonds is 6. The summed E-state index contributed by atoms with van der Waals surface area (Å²) in [6.07, 6.45) is 3.98. The van der Waals surface area contributed by atoms with Crippen LogP contribution in [0.5, 0.6) is 5.75 Å². The number of benzene rings is 2. The molecular weight excluding hydrogens is 344 g/mol. The summed E-state index contributed by atoms with van der Waals surface area (Å²) in [5, 5.41) is 3.74. The molecule has 2 aromatic rings. The first-order valence-corrected chi connectivity index (χ1v) is 10.9. The van der Waals surface area contributed by atoms with Gasteiger partial charge in [0.2, 0.25) is 0 Å². The highest BCUT2D eigenvalue weighted by molar-refractivity contribution is 5.41. The third-order valence-electron chi connectivity index (χ3n) is 6.50. The van der Waals surface area contributed by atoms with Crippen LogP contribution in [-0.2, 0) is 6.54 Å². The fourth-order valence-electron chi connectivity index (χ4n) is 4.69. The SMILES string of the molecule is COc1cc(CN2CCN[C@H](c3ccccc3C(C)C)C2)ccc1C1CCC1. The Morgan fingerprint density at radius 1 is 1.11 bits per heavy atom. The molecule has 3 heteroatoms. The minimum absolute atomic E-state index is 0.406. The fraction of sp³-hybridized carbons (Fsp3) is 0.520. The van der Waals surface area contributed by atoms with E-state index in [9.17, 15) is 0 Å². The van der Waals surface area contributed by atoms with Gasteiger partial charge in [-0.15, -0.1) is 0 Å². The van der Waals surface area contributed by atoms with Crippen LogP contribution in [0.2, 0.25) is 0 Å². The predicted octanol–water partition coefficient (Wildman–Crippen LogP) is 5.23. The number of hydrogen-bond donors (Lipinski definition) is 1. The van der Waals surface area contributed by atoms with Gasteiger partial charge in [-0.3, -0.25) is 4.90 Å². The second-order valence-corrected chi connectivity index (χ2v) is 8.73. The molecule has 1 saturated heterocycles. The topological polar surface area (TPSA) is 24.5 Å². The van der Waals surface area contributed by atoms with Gasteiger partial charge in [0.15, 0.2) is 0 Å². The maximum atomic E-state index is 5.73. The monoisotopic (exact) mass is 378 g/mol. The van der Waals surface area contributed by atoms with Crippen LogP contribution in [0.4, 0.5) is 0 Å². The Morgan fingerprint density at radius 3 is 2.64 bits per heavy atom. The zero-order valence-electron chi connectivity index (χ0n) is 17.6. The van der Waals surface area contributed by atoms with Crippen molar-refractivity contribution in [3.05, 3.63) is 64.7 Å². The predicted molar refractivity (Wildman–Crippen MR) is 116 cm³/mol. The number of nitrogens with zero attached hydrogens (tertiary/aromatic N) is 1. The van der Waals surface area contributed by atoms with Crippen molar-refractivity contribution in [2.75, 3.05) is 26.7 Å². The summed E-state index contributed by atoms with van der Waals surface area (Å²) in [5.74, 6) is 2.34. The Kier molecular flexibility index (Phi) is 6.03. The third-order valence-corrected chi connectivity index (χ3v) is 6.50. The van der Waals surface area contributed by atoms with Crippen molar-refractivity contribution in [3.8, 4) is 5.75 Å². The molecule has 0 radical (unpaired) electrons. The van der Waals surface area contributed by atoms with Crippen LogP contribution in [0.3, 0.4) is 0 Å². The molecule has 2 aliphatic rings. The van der Waals surface area contributed by atoms with Crippen LogP contribution in [-0.4, -0.2) is 31.6 Å². The summed E-state index contributed by atoms with van der Waals surface area (Å²) in [6, 6.07) is 16.2. The van der Waals surface area contributed by atoms with E-state index in [-0.39, 0.29) is 0 Å². The van der Waals surface area contributed by atoms with Crippen molar-refractivity contribution in [3.63, 3.8) is 0 Å². The molecule has 150 valence electrons. The second kappa shape index (κ2) is 8.67. The molecule has 2 fully saturated rings. The van der Waals surface area contributed by atoms with Crippen LogP contribution >= 0.6 is 0 Å². The van der Waals surface area contributed by atoms with Gasteiger partial charge in [0.25, 0.3) is 0 Å². The smallest absolute Gasteiger partial charge is 0.122 e. The maximum Gasteiger partial charge on any atom is 0.122 e. The lowest BCUT2D eigenvalue weighted by Gasteiger charge is -2.35. The molecule has 0 aromatic heterocycles. The molecule has 1 N–H and O–H groups in total. The van der Waals surface area contributed by atoms with Crippen LogP contribution < -0.4 is 10.1 Å².